The second kappa shape index (κ2) is 8.29. The van der Waals surface area contributed by atoms with Crippen LogP contribution in [0.2, 0.25) is 0 Å². The number of ether oxygens (including phenoxy) is 1. The lowest BCUT2D eigenvalue weighted by Crippen LogP contribution is -2.46. The van der Waals surface area contributed by atoms with Crippen LogP contribution in [0.15, 0.2) is 24.3 Å². The molecule has 2 atom stereocenters. The predicted molar refractivity (Wildman–Crippen MR) is 80.4 cm³/mol. The van der Waals surface area contributed by atoms with E-state index >= 15 is 0 Å². The minimum atomic E-state index is -1.01. The summed E-state index contributed by atoms with van der Waals surface area (Å²) in [4.78, 5) is 23.1. The summed E-state index contributed by atoms with van der Waals surface area (Å²) in [5, 5.41) is 11.6. The van der Waals surface area contributed by atoms with Gasteiger partial charge in [0.25, 0.3) is 5.91 Å². The topological polar surface area (TPSA) is 75.6 Å². The summed E-state index contributed by atoms with van der Waals surface area (Å²) >= 11 is 0. The van der Waals surface area contributed by atoms with Gasteiger partial charge in [-0.2, -0.15) is 0 Å². The number of nitrogens with one attached hydrogen (secondary N) is 1. The first kappa shape index (κ1) is 17.0. The lowest BCUT2D eigenvalue weighted by atomic mass is 10.1. The third-order valence-electron chi connectivity index (χ3n) is 3.13. The summed E-state index contributed by atoms with van der Waals surface area (Å²) in [5.74, 6) is -0.836. The van der Waals surface area contributed by atoms with Gasteiger partial charge in [0.15, 0.2) is 6.10 Å². The number of unbranched alkanes of at least 4 members (excludes halogenated alkanes) is 1. The van der Waals surface area contributed by atoms with Gasteiger partial charge < -0.3 is 15.2 Å². The molecule has 0 saturated carbocycles. The van der Waals surface area contributed by atoms with Crippen molar-refractivity contribution in [2.75, 3.05) is 0 Å². The summed E-state index contributed by atoms with van der Waals surface area (Å²) in [6, 6.07) is 6.51. The van der Waals surface area contributed by atoms with Crippen LogP contribution in [0.3, 0.4) is 0 Å². The van der Waals surface area contributed by atoms with Crippen LogP contribution in [-0.4, -0.2) is 29.1 Å². The van der Waals surface area contributed by atoms with Gasteiger partial charge in [0.2, 0.25) is 0 Å². The van der Waals surface area contributed by atoms with Gasteiger partial charge in [-0.15, -0.1) is 0 Å². The fraction of sp³-hybridized carbons (Fsp3) is 0.500. The summed E-state index contributed by atoms with van der Waals surface area (Å²) in [6.07, 6.45) is 1.32. The predicted octanol–water partition coefficient (Wildman–Crippen LogP) is 2.52. The fourth-order valence-corrected chi connectivity index (χ4v) is 1.90. The third-order valence-corrected chi connectivity index (χ3v) is 3.13. The minimum Gasteiger partial charge on any atom is -0.481 e. The number of aryl methyl sites for hydroxylation is 1. The molecule has 1 aromatic rings. The van der Waals surface area contributed by atoms with Crippen LogP contribution in [0.4, 0.5) is 0 Å². The molecule has 0 spiro atoms. The van der Waals surface area contributed by atoms with Crippen molar-refractivity contribution in [3.8, 4) is 5.75 Å². The summed E-state index contributed by atoms with van der Waals surface area (Å²) in [6.45, 7) is 5.52. The van der Waals surface area contributed by atoms with Crippen molar-refractivity contribution < 1.29 is 19.4 Å². The second-order valence-corrected chi connectivity index (χ2v) is 5.12. The summed E-state index contributed by atoms with van der Waals surface area (Å²) < 4.78 is 5.54. The number of benzene rings is 1. The normalized spacial score (nSPS) is 13.3. The second-order valence-electron chi connectivity index (χ2n) is 5.12. The third kappa shape index (κ3) is 5.85. The van der Waals surface area contributed by atoms with Crippen LogP contribution in [-0.2, 0) is 9.59 Å². The smallest absolute Gasteiger partial charge is 0.326 e. The van der Waals surface area contributed by atoms with E-state index in [0.29, 0.717) is 12.2 Å². The van der Waals surface area contributed by atoms with Gasteiger partial charge in [-0.05, 0) is 38.0 Å². The molecule has 1 unspecified atom stereocenters. The van der Waals surface area contributed by atoms with Gasteiger partial charge in [0.1, 0.15) is 11.8 Å². The number of carboxylic acids is 1. The Balaban J connectivity index is 2.58. The highest BCUT2D eigenvalue weighted by atomic mass is 16.5. The van der Waals surface area contributed by atoms with Crippen molar-refractivity contribution in [2.24, 2.45) is 0 Å². The Labute approximate surface area is 125 Å². The molecule has 0 heterocycles. The standard InChI is InChI=1S/C16H23NO4/c1-4-5-9-14(16(19)20)17-15(18)12(3)21-13-8-6-7-11(2)10-13/h6-8,10,12,14H,4-5,9H2,1-3H3,(H,17,18)(H,19,20)/t12?,14-/m0/s1. The number of rotatable bonds is 8. The van der Waals surface area contributed by atoms with Crippen molar-refractivity contribution in [3.05, 3.63) is 29.8 Å². The van der Waals surface area contributed by atoms with Crippen molar-refractivity contribution in [1.82, 2.24) is 5.32 Å². The maximum Gasteiger partial charge on any atom is 0.326 e. The summed E-state index contributed by atoms with van der Waals surface area (Å²) in [7, 11) is 0. The average molecular weight is 293 g/mol. The zero-order chi connectivity index (χ0) is 15.8. The SMILES string of the molecule is CCCC[C@H](NC(=O)C(C)Oc1cccc(C)c1)C(=O)O. The highest BCUT2D eigenvalue weighted by Crippen LogP contribution is 2.14. The van der Waals surface area contributed by atoms with Crippen LogP contribution >= 0.6 is 0 Å². The largest absolute Gasteiger partial charge is 0.481 e. The molecular weight excluding hydrogens is 270 g/mol. The number of amides is 1. The lowest BCUT2D eigenvalue weighted by Gasteiger charge is -2.19. The van der Waals surface area contributed by atoms with Crippen LogP contribution in [0.25, 0.3) is 0 Å². The Morgan fingerprint density at radius 2 is 2.10 bits per heavy atom. The zero-order valence-electron chi connectivity index (χ0n) is 12.8. The molecule has 0 saturated heterocycles. The van der Waals surface area contributed by atoms with Gasteiger partial charge in [-0.25, -0.2) is 4.79 Å². The van der Waals surface area contributed by atoms with E-state index < -0.39 is 24.0 Å². The number of aliphatic carboxylic acids is 1. The van der Waals surface area contributed by atoms with Gasteiger partial charge in [-0.3, -0.25) is 4.79 Å². The monoisotopic (exact) mass is 293 g/mol. The van der Waals surface area contributed by atoms with Gasteiger partial charge in [0, 0.05) is 0 Å². The van der Waals surface area contributed by atoms with E-state index in [2.05, 4.69) is 5.32 Å². The van der Waals surface area contributed by atoms with Crippen molar-refractivity contribution >= 4 is 11.9 Å². The summed E-state index contributed by atoms with van der Waals surface area (Å²) in [5.41, 5.74) is 1.03. The van der Waals surface area contributed by atoms with E-state index in [0.717, 1.165) is 18.4 Å². The molecule has 5 nitrogen and oxygen atoms in total. The number of carboxylic acid groups (broad SMARTS) is 1. The molecule has 116 valence electrons. The van der Waals surface area contributed by atoms with E-state index in [1.165, 1.54) is 0 Å². The molecule has 0 radical (unpaired) electrons. The quantitative estimate of drug-likeness (QED) is 0.772. The van der Waals surface area contributed by atoms with Crippen LogP contribution < -0.4 is 10.1 Å². The lowest BCUT2D eigenvalue weighted by molar-refractivity contribution is -0.143. The van der Waals surface area contributed by atoms with E-state index in [9.17, 15) is 9.59 Å². The van der Waals surface area contributed by atoms with Crippen molar-refractivity contribution in [1.29, 1.82) is 0 Å². The maximum atomic E-state index is 12.0. The Bertz CT molecular complexity index is 487. The minimum absolute atomic E-state index is 0.417. The van der Waals surface area contributed by atoms with Gasteiger partial charge >= 0.3 is 5.97 Å². The molecule has 1 aromatic carbocycles. The molecule has 0 aromatic heterocycles. The Morgan fingerprint density at radius 3 is 2.67 bits per heavy atom. The van der Waals surface area contributed by atoms with Crippen LogP contribution in [0.5, 0.6) is 5.75 Å². The van der Waals surface area contributed by atoms with E-state index in [1.54, 1.807) is 13.0 Å². The number of hydrogen-bond acceptors (Lipinski definition) is 3. The van der Waals surface area contributed by atoms with Gasteiger partial charge in [0.05, 0.1) is 0 Å². The van der Waals surface area contributed by atoms with Crippen LogP contribution in [0, 0.1) is 6.92 Å². The van der Waals surface area contributed by atoms with Gasteiger partial charge in [-0.1, -0.05) is 31.9 Å². The number of carbonyl (C=O) groups is 2. The number of hydrogen-bond donors (Lipinski definition) is 2. The number of carbonyl (C=O) groups excluding carboxylic acids is 1. The Morgan fingerprint density at radius 1 is 1.38 bits per heavy atom. The molecule has 1 amide bonds. The van der Waals surface area contributed by atoms with E-state index in [1.807, 2.05) is 32.0 Å². The van der Waals surface area contributed by atoms with Crippen molar-refractivity contribution in [3.63, 3.8) is 0 Å². The molecule has 21 heavy (non-hydrogen) atoms. The Kier molecular flexibility index (Phi) is 6.72. The molecule has 0 aliphatic rings. The first-order valence-electron chi connectivity index (χ1n) is 7.20. The first-order valence-corrected chi connectivity index (χ1v) is 7.20. The molecule has 5 heteroatoms. The Hall–Kier alpha value is -2.04. The molecular formula is C16H23NO4. The molecule has 0 bridgehead atoms. The average Bonchev–Trinajstić information content (AvgIpc) is 2.42. The van der Waals surface area contributed by atoms with E-state index in [4.69, 9.17) is 9.84 Å². The zero-order valence-corrected chi connectivity index (χ0v) is 12.8. The highest BCUT2D eigenvalue weighted by Gasteiger charge is 2.23. The highest BCUT2D eigenvalue weighted by molar-refractivity contribution is 5.86. The molecule has 0 aliphatic carbocycles. The van der Waals surface area contributed by atoms with Crippen LogP contribution in [0.1, 0.15) is 38.7 Å². The van der Waals surface area contributed by atoms with Crippen molar-refractivity contribution in [2.45, 2.75) is 52.2 Å². The molecule has 0 fully saturated rings. The van der Waals surface area contributed by atoms with E-state index in [-0.39, 0.29) is 0 Å². The molecule has 2 N–H and O–H groups in total. The fourth-order valence-electron chi connectivity index (χ4n) is 1.90. The maximum absolute atomic E-state index is 12.0. The molecule has 1 rings (SSSR count). The molecule has 0 aliphatic heterocycles. The first-order chi connectivity index (χ1) is 9.93.